The molecule has 1 heterocycles. The predicted molar refractivity (Wildman–Crippen MR) is 81.5 cm³/mol. The highest BCUT2D eigenvalue weighted by Gasteiger charge is 2.20. The van der Waals surface area contributed by atoms with Gasteiger partial charge < -0.3 is 15.0 Å². The van der Waals surface area contributed by atoms with Gasteiger partial charge in [-0.25, -0.2) is 0 Å². The summed E-state index contributed by atoms with van der Waals surface area (Å²) in [6.07, 6.45) is 3.68. The summed E-state index contributed by atoms with van der Waals surface area (Å²) in [5.74, 6) is 0.753. The van der Waals surface area contributed by atoms with E-state index in [4.69, 9.17) is 16.3 Å². The summed E-state index contributed by atoms with van der Waals surface area (Å²) < 4.78 is 5.29. The molecular formula is C15H23ClN2O. The van der Waals surface area contributed by atoms with E-state index in [1.54, 1.807) is 7.11 Å². The van der Waals surface area contributed by atoms with E-state index < -0.39 is 0 Å². The lowest BCUT2D eigenvalue weighted by Gasteiger charge is -2.35. The average molecular weight is 283 g/mol. The molecule has 0 bridgehead atoms. The average Bonchev–Trinajstić information content (AvgIpc) is 2.46. The Morgan fingerprint density at radius 2 is 2.32 bits per heavy atom. The molecule has 0 aromatic heterocycles. The quantitative estimate of drug-likeness (QED) is 0.897. The molecule has 3 nitrogen and oxygen atoms in total. The number of rotatable bonds is 5. The highest BCUT2D eigenvalue weighted by atomic mass is 35.5. The fraction of sp³-hybridized carbons (Fsp3) is 0.600. The van der Waals surface area contributed by atoms with Crippen molar-refractivity contribution in [2.45, 2.75) is 32.2 Å². The number of piperidine rings is 1. The van der Waals surface area contributed by atoms with Crippen LogP contribution in [-0.2, 0) is 0 Å². The summed E-state index contributed by atoms with van der Waals surface area (Å²) in [5, 5.41) is 4.28. The van der Waals surface area contributed by atoms with Gasteiger partial charge in [0.05, 0.1) is 12.1 Å². The van der Waals surface area contributed by atoms with Crippen molar-refractivity contribution in [1.82, 2.24) is 5.32 Å². The molecule has 1 saturated heterocycles. The third-order valence-electron chi connectivity index (χ3n) is 3.60. The second-order valence-electron chi connectivity index (χ2n) is 5.06. The number of anilines is 1. The Morgan fingerprint density at radius 3 is 3.05 bits per heavy atom. The van der Waals surface area contributed by atoms with Gasteiger partial charge in [0.15, 0.2) is 0 Å². The van der Waals surface area contributed by atoms with Crippen LogP contribution in [0, 0.1) is 0 Å². The number of nitrogens with zero attached hydrogens (tertiary/aromatic N) is 1. The van der Waals surface area contributed by atoms with Crippen LogP contribution in [0.2, 0.25) is 5.02 Å². The molecule has 0 aliphatic carbocycles. The Labute approximate surface area is 120 Å². The molecule has 1 aromatic rings. The molecule has 1 aliphatic heterocycles. The lowest BCUT2D eigenvalue weighted by atomic mass is 10.0. The molecule has 1 fully saturated rings. The van der Waals surface area contributed by atoms with E-state index in [1.807, 2.05) is 12.1 Å². The summed E-state index contributed by atoms with van der Waals surface area (Å²) in [6, 6.07) is 6.62. The maximum Gasteiger partial charge on any atom is 0.139 e. The monoisotopic (exact) mass is 282 g/mol. The second kappa shape index (κ2) is 7.01. The third kappa shape index (κ3) is 3.77. The van der Waals surface area contributed by atoms with Crippen LogP contribution in [0.4, 0.5) is 5.69 Å². The first-order chi connectivity index (χ1) is 9.24. The van der Waals surface area contributed by atoms with Crippen molar-refractivity contribution in [2.75, 3.05) is 31.6 Å². The number of ether oxygens (including phenoxy) is 1. The van der Waals surface area contributed by atoms with Crippen LogP contribution >= 0.6 is 11.6 Å². The van der Waals surface area contributed by atoms with Crippen LogP contribution in [0.5, 0.6) is 5.75 Å². The van der Waals surface area contributed by atoms with E-state index in [0.717, 1.165) is 25.4 Å². The van der Waals surface area contributed by atoms with Crippen LogP contribution in [0.15, 0.2) is 18.2 Å². The van der Waals surface area contributed by atoms with Crippen molar-refractivity contribution >= 4 is 17.3 Å². The minimum atomic E-state index is 0.593. The molecule has 19 heavy (non-hydrogen) atoms. The largest absolute Gasteiger partial charge is 0.495 e. The molecule has 0 amide bonds. The van der Waals surface area contributed by atoms with Crippen LogP contribution < -0.4 is 15.0 Å². The van der Waals surface area contributed by atoms with Gasteiger partial charge in [-0.2, -0.15) is 0 Å². The molecule has 2 rings (SSSR count). The van der Waals surface area contributed by atoms with Gasteiger partial charge in [0.25, 0.3) is 0 Å². The first kappa shape index (κ1) is 14.5. The van der Waals surface area contributed by atoms with Crippen LogP contribution in [0.1, 0.15) is 26.2 Å². The standard InChI is InChI=1S/C15H23ClN2O/c1-3-8-17-12-5-4-9-18(11-12)13-6-7-14(16)15(10-13)19-2/h6-7,10,12,17H,3-5,8-9,11H2,1-2H3. The molecule has 1 N–H and O–H groups in total. The van der Waals surface area contributed by atoms with Crippen molar-refractivity contribution in [1.29, 1.82) is 0 Å². The maximum absolute atomic E-state index is 6.08. The summed E-state index contributed by atoms with van der Waals surface area (Å²) in [5.41, 5.74) is 1.20. The summed E-state index contributed by atoms with van der Waals surface area (Å²) in [7, 11) is 1.66. The van der Waals surface area contributed by atoms with E-state index in [1.165, 1.54) is 24.9 Å². The van der Waals surface area contributed by atoms with Crippen molar-refractivity contribution in [3.8, 4) is 5.75 Å². The fourth-order valence-corrected chi connectivity index (χ4v) is 2.77. The van der Waals surface area contributed by atoms with Gasteiger partial charge in [0.2, 0.25) is 0 Å². The normalized spacial score (nSPS) is 19.5. The molecule has 106 valence electrons. The molecule has 1 unspecified atom stereocenters. The molecule has 0 saturated carbocycles. The number of methoxy groups -OCH3 is 1. The molecule has 1 atom stereocenters. The number of hydrogen-bond acceptors (Lipinski definition) is 3. The summed E-state index contributed by atoms with van der Waals surface area (Å²) >= 11 is 6.08. The lowest BCUT2D eigenvalue weighted by Crippen LogP contribution is -2.46. The zero-order valence-electron chi connectivity index (χ0n) is 11.8. The highest BCUT2D eigenvalue weighted by Crippen LogP contribution is 2.30. The number of nitrogens with one attached hydrogen (secondary N) is 1. The van der Waals surface area contributed by atoms with E-state index >= 15 is 0 Å². The van der Waals surface area contributed by atoms with E-state index in [2.05, 4.69) is 23.2 Å². The Balaban J connectivity index is 2.04. The first-order valence-corrected chi connectivity index (χ1v) is 7.44. The Kier molecular flexibility index (Phi) is 5.34. The second-order valence-corrected chi connectivity index (χ2v) is 5.47. The predicted octanol–water partition coefficient (Wildman–Crippen LogP) is 3.32. The lowest BCUT2D eigenvalue weighted by molar-refractivity contribution is 0.411. The van der Waals surface area contributed by atoms with Gasteiger partial charge in [-0.15, -0.1) is 0 Å². The Bertz CT molecular complexity index is 411. The SMILES string of the molecule is CCCNC1CCCN(c2ccc(Cl)c(OC)c2)C1. The minimum Gasteiger partial charge on any atom is -0.495 e. The minimum absolute atomic E-state index is 0.593. The summed E-state index contributed by atoms with van der Waals surface area (Å²) in [4.78, 5) is 2.41. The van der Waals surface area contributed by atoms with Crippen molar-refractivity contribution in [3.63, 3.8) is 0 Å². The smallest absolute Gasteiger partial charge is 0.139 e. The van der Waals surface area contributed by atoms with Crippen LogP contribution in [0.25, 0.3) is 0 Å². The molecule has 1 aromatic carbocycles. The Morgan fingerprint density at radius 1 is 1.47 bits per heavy atom. The molecule has 1 aliphatic rings. The van der Waals surface area contributed by atoms with Gasteiger partial charge in [0, 0.05) is 30.9 Å². The van der Waals surface area contributed by atoms with E-state index in [-0.39, 0.29) is 0 Å². The van der Waals surface area contributed by atoms with Crippen LogP contribution in [0.3, 0.4) is 0 Å². The Hall–Kier alpha value is -0.930. The number of benzene rings is 1. The fourth-order valence-electron chi connectivity index (χ4n) is 2.57. The van der Waals surface area contributed by atoms with Gasteiger partial charge >= 0.3 is 0 Å². The van der Waals surface area contributed by atoms with Gasteiger partial charge in [0.1, 0.15) is 5.75 Å². The molecule has 4 heteroatoms. The third-order valence-corrected chi connectivity index (χ3v) is 3.92. The van der Waals surface area contributed by atoms with Gasteiger partial charge in [-0.1, -0.05) is 18.5 Å². The van der Waals surface area contributed by atoms with Gasteiger partial charge in [-0.3, -0.25) is 0 Å². The number of hydrogen-bond donors (Lipinski definition) is 1. The number of halogens is 1. The van der Waals surface area contributed by atoms with Crippen LogP contribution in [-0.4, -0.2) is 32.8 Å². The topological polar surface area (TPSA) is 24.5 Å². The maximum atomic E-state index is 6.08. The zero-order valence-corrected chi connectivity index (χ0v) is 12.5. The van der Waals surface area contributed by atoms with Crippen molar-refractivity contribution in [2.24, 2.45) is 0 Å². The molecule has 0 spiro atoms. The van der Waals surface area contributed by atoms with E-state index in [0.29, 0.717) is 11.1 Å². The summed E-state index contributed by atoms with van der Waals surface area (Å²) in [6.45, 7) is 5.47. The molecule has 0 radical (unpaired) electrons. The van der Waals surface area contributed by atoms with Crippen molar-refractivity contribution in [3.05, 3.63) is 23.2 Å². The molecular weight excluding hydrogens is 260 g/mol. The zero-order chi connectivity index (χ0) is 13.7. The van der Waals surface area contributed by atoms with Gasteiger partial charge in [-0.05, 0) is 37.9 Å². The van der Waals surface area contributed by atoms with E-state index in [9.17, 15) is 0 Å². The van der Waals surface area contributed by atoms with Crippen molar-refractivity contribution < 1.29 is 4.74 Å². The highest BCUT2D eigenvalue weighted by molar-refractivity contribution is 6.32. The first-order valence-electron chi connectivity index (χ1n) is 7.06.